The van der Waals surface area contributed by atoms with E-state index >= 15 is 0 Å². The third-order valence-corrected chi connectivity index (χ3v) is 5.55. The fraction of sp³-hybridized carbons (Fsp3) is 0.600. The Morgan fingerprint density at radius 2 is 2.21 bits per heavy atom. The van der Waals surface area contributed by atoms with Crippen LogP contribution in [0.4, 0.5) is 0 Å². The molecular formula is C15H23NO2S. The Morgan fingerprint density at radius 3 is 2.79 bits per heavy atom. The molecule has 1 heterocycles. The maximum atomic E-state index is 11.7. The van der Waals surface area contributed by atoms with Gasteiger partial charge in [-0.05, 0) is 37.8 Å². The number of sulfone groups is 1. The van der Waals surface area contributed by atoms with Crippen LogP contribution < -0.4 is 5.32 Å². The molecule has 0 aromatic heterocycles. The molecule has 0 saturated carbocycles. The van der Waals surface area contributed by atoms with Gasteiger partial charge in [-0.25, -0.2) is 8.42 Å². The van der Waals surface area contributed by atoms with Crippen LogP contribution in [0.3, 0.4) is 0 Å². The minimum absolute atomic E-state index is 0.164. The summed E-state index contributed by atoms with van der Waals surface area (Å²) >= 11 is 0. The zero-order chi connectivity index (χ0) is 13.9. The summed E-state index contributed by atoms with van der Waals surface area (Å²) < 4.78 is 23.4. The molecule has 1 fully saturated rings. The lowest BCUT2D eigenvalue weighted by Gasteiger charge is -2.24. The minimum atomic E-state index is -2.82. The highest BCUT2D eigenvalue weighted by molar-refractivity contribution is 7.91. The lowest BCUT2D eigenvalue weighted by atomic mass is 9.91. The van der Waals surface area contributed by atoms with Crippen LogP contribution in [0.2, 0.25) is 0 Å². The average molecular weight is 281 g/mol. The molecule has 106 valence electrons. The summed E-state index contributed by atoms with van der Waals surface area (Å²) in [4.78, 5) is 0. The first-order valence-electron chi connectivity index (χ1n) is 7.02. The summed E-state index contributed by atoms with van der Waals surface area (Å²) in [6.45, 7) is 5.13. The van der Waals surface area contributed by atoms with Crippen molar-refractivity contribution in [1.82, 2.24) is 5.32 Å². The van der Waals surface area contributed by atoms with Crippen LogP contribution in [0, 0.1) is 12.8 Å². The Kier molecular flexibility index (Phi) is 4.63. The van der Waals surface area contributed by atoms with E-state index in [1.807, 2.05) is 0 Å². The molecule has 3 nitrogen and oxygen atoms in total. The van der Waals surface area contributed by atoms with E-state index in [-0.39, 0.29) is 12.0 Å². The topological polar surface area (TPSA) is 46.2 Å². The normalized spacial score (nSPS) is 23.4. The van der Waals surface area contributed by atoms with E-state index < -0.39 is 9.84 Å². The van der Waals surface area contributed by atoms with Crippen LogP contribution in [0.15, 0.2) is 24.3 Å². The van der Waals surface area contributed by atoms with Crippen molar-refractivity contribution in [3.63, 3.8) is 0 Å². The van der Waals surface area contributed by atoms with Crippen LogP contribution in [0.5, 0.6) is 0 Å². The Bertz CT molecular complexity index is 525. The van der Waals surface area contributed by atoms with Gasteiger partial charge in [0.1, 0.15) is 0 Å². The highest BCUT2D eigenvalue weighted by atomic mass is 32.2. The SMILES string of the molecule is CCCNC(c1cccc(C)c1)C1CCS(=O)(=O)C1. The molecule has 1 aromatic rings. The van der Waals surface area contributed by atoms with Gasteiger partial charge < -0.3 is 5.32 Å². The fourth-order valence-electron chi connectivity index (χ4n) is 2.81. The van der Waals surface area contributed by atoms with Crippen LogP contribution in [0.1, 0.15) is 36.9 Å². The van der Waals surface area contributed by atoms with E-state index in [1.54, 1.807) is 0 Å². The molecule has 0 spiro atoms. The second-order valence-electron chi connectivity index (χ2n) is 5.51. The van der Waals surface area contributed by atoms with Crippen LogP contribution in [-0.4, -0.2) is 26.5 Å². The van der Waals surface area contributed by atoms with Crippen molar-refractivity contribution < 1.29 is 8.42 Å². The highest BCUT2D eigenvalue weighted by Crippen LogP contribution is 2.31. The molecular weight excluding hydrogens is 258 g/mol. The average Bonchev–Trinajstić information content (AvgIpc) is 2.70. The van der Waals surface area contributed by atoms with Gasteiger partial charge in [-0.15, -0.1) is 0 Å². The summed E-state index contributed by atoms with van der Waals surface area (Å²) in [5, 5.41) is 3.53. The molecule has 1 aliphatic rings. The number of hydrogen-bond acceptors (Lipinski definition) is 3. The molecule has 1 aliphatic heterocycles. The molecule has 2 atom stereocenters. The minimum Gasteiger partial charge on any atom is -0.310 e. The smallest absolute Gasteiger partial charge is 0.150 e. The Labute approximate surface area is 116 Å². The zero-order valence-electron chi connectivity index (χ0n) is 11.7. The summed E-state index contributed by atoms with van der Waals surface area (Å²) in [7, 11) is -2.82. The van der Waals surface area contributed by atoms with Gasteiger partial charge in [0, 0.05) is 6.04 Å². The fourth-order valence-corrected chi connectivity index (χ4v) is 4.65. The molecule has 0 radical (unpaired) electrons. The van der Waals surface area contributed by atoms with Crippen molar-refractivity contribution in [2.45, 2.75) is 32.7 Å². The molecule has 0 amide bonds. The molecule has 0 aliphatic carbocycles. The van der Waals surface area contributed by atoms with Crippen molar-refractivity contribution in [1.29, 1.82) is 0 Å². The first-order chi connectivity index (χ1) is 9.02. The van der Waals surface area contributed by atoms with Crippen molar-refractivity contribution in [2.75, 3.05) is 18.1 Å². The molecule has 1 N–H and O–H groups in total. The number of rotatable bonds is 5. The number of aryl methyl sites for hydroxylation is 1. The van der Waals surface area contributed by atoms with Crippen LogP contribution in [-0.2, 0) is 9.84 Å². The maximum absolute atomic E-state index is 11.7. The largest absolute Gasteiger partial charge is 0.310 e. The summed E-state index contributed by atoms with van der Waals surface area (Å²) in [6, 6.07) is 8.56. The zero-order valence-corrected chi connectivity index (χ0v) is 12.5. The summed E-state index contributed by atoms with van der Waals surface area (Å²) in [5.41, 5.74) is 2.44. The molecule has 19 heavy (non-hydrogen) atoms. The highest BCUT2D eigenvalue weighted by Gasteiger charge is 2.34. The van der Waals surface area contributed by atoms with Crippen LogP contribution >= 0.6 is 0 Å². The van der Waals surface area contributed by atoms with E-state index in [0.717, 1.165) is 19.4 Å². The number of nitrogens with one attached hydrogen (secondary N) is 1. The number of hydrogen-bond donors (Lipinski definition) is 1. The van der Waals surface area contributed by atoms with Gasteiger partial charge in [-0.3, -0.25) is 0 Å². The second kappa shape index (κ2) is 6.06. The van der Waals surface area contributed by atoms with Crippen molar-refractivity contribution in [3.8, 4) is 0 Å². The molecule has 4 heteroatoms. The summed E-state index contributed by atoms with van der Waals surface area (Å²) in [5.74, 6) is 0.870. The molecule has 2 unspecified atom stereocenters. The van der Waals surface area contributed by atoms with Gasteiger partial charge in [-0.1, -0.05) is 36.8 Å². The lowest BCUT2D eigenvalue weighted by molar-refractivity contribution is 0.392. The predicted molar refractivity (Wildman–Crippen MR) is 79.0 cm³/mol. The lowest BCUT2D eigenvalue weighted by Crippen LogP contribution is -2.29. The van der Waals surface area contributed by atoms with E-state index in [1.165, 1.54) is 11.1 Å². The first kappa shape index (κ1) is 14.5. The van der Waals surface area contributed by atoms with E-state index in [4.69, 9.17) is 0 Å². The van der Waals surface area contributed by atoms with E-state index in [2.05, 4.69) is 43.4 Å². The van der Waals surface area contributed by atoms with Crippen molar-refractivity contribution >= 4 is 9.84 Å². The van der Waals surface area contributed by atoms with Gasteiger partial charge in [-0.2, -0.15) is 0 Å². The number of benzene rings is 1. The third-order valence-electron chi connectivity index (χ3n) is 3.75. The Hall–Kier alpha value is -0.870. The Morgan fingerprint density at radius 1 is 1.42 bits per heavy atom. The predicted octanol–water partition coefficient (Wildman–Crippen LogP) is 2.47. The molecule has 1 saturated heterocycles. The third kappa shape index (κ3) is 3.80. The molecule has 2 rings (SSSR count). The standard InChI is InChI=1S/C15H23NO2S/c1-3-8-16-15(13-6-4-5-12(2)10-13)14-7-9-19(17,18)11-14/h4-6,10,14-16H,3,7-9,11H2,1-2H3. The molecule has 0 bridgehead atoms. The monoisotopic (exact) mass is 281 g/mol. The maximum Gasteiger partial charge on any atom is 0.150 e. The van der Waals surface area contributed by atoms with E-state index in [9.17, 15) is 8.42 Å². The first-order valence-corrected chi connectivity index (χ1v) is 8.84. The quantitative estimate of drug-likeness (QED) is 0.902. The van der Waals surface area contributed by atoms with Crippen LogP contribution in [0.25, 0.3) is 0 Å². The van der Waals surface area contributed by atoms with Crippen molar-refractivity contribution in [3.05, 3.63) is 35.4 Å². The van der Waals surface area contributed by atoms with Gasteiger partial charge in [0.2, 0.25) is 0 Å². The van der Waals surface area contributed by atoms with E-state index in [0.29, 0.717) is 11.5 Å². The summed E-state index contributed by atoms with van der Waals surface area (Å²) in [6.07, 6.45) is 1.83. The van der Waals surface area contributed by atoms with Gasteiger partial charge in [0.25, 0.3) is 0 Å². The Balaban J connectivity index is 2.21. The van der Waals surface area contributed by atoms with Crippen molar-refractivity contribution in [2.24, 2.45) is 5.92 Å². The second-order valence-corrected chi connectivity index (χ2v) is 7.74. The van der Waals surface area contributed by atoms with Gasteiger partial charge in [0.15, 0.2) is 9.84 Å². The van der Waals surface area contributed by atoms with Gasteiger partial charge >= 0.3 is 0 Å². The van der Waals surface area contributed by atoms with Gasteiger partial charge in [0.05, 0.1) is 11.5 Å². The molecule has 1 aromatic carbocycles.